The average Bonchev–Trinajstić information content (AvgIpc) is 2.97. The Kier molecular flexibility index (Phi) is 3.94. The van der Waals surface area contributed by atoms with E-state index in [0.29, 0.717) is 17.3 Å². The van der Waals surface area contributed by atoms with E-state index in [1.807, 2.05) is 19.1 Å². The number of carbonyl (C=O) groups excluding carboxylic acids is 1. The van der Waals surface area contributed by atoms with Crippen LogP contribution in [0, 0.1) is 0 Å². The van der Waals surface area contributed by atoms with Gasteiger partial charge in [0.05, 0.1) is 0 Å². The van der Waals surface area contributed by atoms with Crippen LogP contribution in [0.2, 0.25) is 5.02 Å². The normalized spacial score (nSPS) is 18.8. The number of carbonyl (C=O) groups is 1. The molecule has 1 amide bonds. The summed E-state index contributed by atoms with van der Waals surface area (Å²) in [6.07, 6.45) is 0. The highest BCUT2D eigenvalue weighted by Crippen LogP contribution is 2.23. The van der Waals surface area contributed by atoms with Gasteiger partial charge in [-0.05, 0) is 19.1 Å². The van der Waals surface area contributed by atoms with Crippen molar-refractivity contribution in [3.63, 3.8) is 0 Å². The monoisotopic (exact) mass is 305 g/mol. The van der Waals surface area contributed by atoms with Crippen LogP contribution in [0.5, 0.6) is 0 Å². The predicted octanol–water partition coefficient (Wildman–Crippen LogP) is 2.43. The zero-order valence-electron chi connectivity index (χ0n) is 11.7. The summed E-state index contributed by atoms with van der Waals surface area (Å²) in [7, 11) is 0. The minimum Gasteiger partial charge on any atom is -0.350 e. The van der Waals surface area contributed by atoms with Crippen molar-refractivity contribution in [1.82, 2.24) is 15.4 Å². The van der Waals surface area contributed by atoms with Gasteiger partial charge in [-0.25, -0.2) is 0 Å². The van der Waals surface area contributed by atoms with Crippen LogP contribution in [-0.4, -0.2) is 41.6 Å². The Bertz CT molecular complexity index is 656. The van der Waals surface area contributed by atoms with Crippen LogP contribution in [-0.2, 0) is 0 Å². The summed E-state index contributed by atoms with van der Waals surface area (Å²) in [5.74, 6) is 0.142. The largest absolute Gasteiger partial charge is 0.350 e. The van der Waals surface area contributed by atoms with Crippen molar-refractivity contribution in [3.05, 3.63) is 41.1 Å². The molecular weight excluding hydrogens is 290 g/mol. The summed E-state index contributed by atoms with van der Waals surface area (Å²) < 4.78 is 5.22. The zero-order valence-corrected chi connectivity index (χ0v) is 12.4. The van der Waals surface area contributed by atoms with Crippen molar-refractivity contribution < 1.29 is 9.32 Å². The fourth-order valence-corrected chi connectivity index (χ4v) is 2.63. The minimum atomic E-state index is -0.121. The Morgan fingerprint density at radius 1 is 1.48 bits per heavy atom. The second kappa shape index (κ2) is 5.87. The third kappa shape index (κ3) is 2.94. The highest BCUT2D eigenvalue weighted by molar-refractivity contribution is 6.30. The molecule has 0 aliphatic carbocycles. The molecule has 1 atom stereocenters. The minimum absolute atomic E-state index is 0.121. The molecule has 1 aromatic carbocycles. The maximum Gasteiger partial charge on any atom is 0.292 e. The van der Waals surface area contributed by atoms with Crippen LogP contribution in [0.1, 0.15) is 17.5 Å². The Labute approximate surface area is 127 Å². The van der Waals surface area contributed by atoms with Gasteiger partial charge in [0, 0.05) is 42.3 Å². The maximum atomic E-state index is 12.5. The van der Waals surface area contributed by atoms with Crippen LogP contribution in [0.3, 0.4) is 0 Å². The van der Waals surface area contributed by atoms with Crippen molar-refractivity contribution >= 4 is 17.5 Å². The van der Waals surface area contributed by atoms with E-state index in [1.54, 1.807) is 23.1 Å². The van der Waals surface area contributed by atoms with E-state index in [-0.39, 0.29) is 17.7 Å². The molecule has 3 rings (SSSR count). The number of nitrogens with zero attached hydrogens (tertiary/aromatic N) is 2. The lowest BCUT2D eigenvalue weighted by atomic mass is 10.1. The average molecular weight is 306 g/mol. The summed E-state index contributed by atoms with van der Waals surface area (Å²) >= 11 is 5.96. The fourth-order valence-electron chi connectivity index (χ4n) is 2.44. The SMILES string of the molecule is CC1CNCCN1C(=O)c1cc(-c2cccc(Cl)c2)no1. The molecule has 1 aromatic heterocycles. The van der Waals surface area contributed by atoms with Gasteiger partial charge in [-0.2, -0.15) is 0 Å². The maximum absolute atomic E-state index is 12.5. The van der Waals surface area contributed by atoms with E-state index in [4.69, 9.17) is 16.1 Å². The van der Waals surface area contributed by atoms with Crippen molar-refractivity contribution in [2.24, 2.45) is 0 Å². The smallest absolute Gasteiger partial charge is 0.292 e. The van der Waals surface area contributed by atoms with E-state index >= 15 is 0 Å². The Morgan fingerprint density at radius 2 is 2.33 bits per heavy atom. The molecule has 1 aliphatic heterocycles. The number of hydrogen-bond donors (Lipinski definition) is 1. The molecule has 0 radical (unpaired) electrons. The molecule has 2 aromatic rings. The van der Waals surface area contributed by atoms with Crippen LogP contribution in [0.25, 0.3) is 11.3 Å². The van der Waals surface area contributed by atoms with E-state index in [0.717, 1.165) is 18.7 Å². The molecule has 0 saturated carbocycles. The standard InChI is InChI=1S/C15H16ClN3O2/c1-10-9-17-5-6-19(10)15(20)14-8-13(18-21-14)11-3-2-4-12(16)7-11/h2-4,7-8,10,17H,5-6,9H2,1H3. The highest BCUT2D eigenvalue weighted by atomic mass is 35.5. The number of aromatic nitrogens is 1. The lowest BCUT2D eigenvalue weighted by Gasteiger charge is -2.33. The molecule has 6 heteroatoms. The van der Waals surface area contributed by atoms with Crippen molar-refractivity contribution in [2.75, 3.05) is 19.6 Å². The second-order valence-electron chi connectivity index (χ2n) is 5.14. The third-order valence-electron chi connectivity index (χ3n) is 3.60. The van der Waals surface area contributed by atoms with E-state index in [2.05, 4.69) is 10.5 Å². The Morgan fingerprint density at radius 3 is 3.10 bits per heavy atom. The van der Waals surface area contributed by atoms with Gasteiger partial charge in [0.25, 0.3) is 5.91 Å². The van der Waals surface area contributed by atoms with Crippen LogP contribution >= 0.6 is 11.6 Å². The van der Waals surface area contributed by atoms with Crippen molar-refractivity contribution in [1.29, 1.82) is 0 Å². The molecule has 0 spiro atoms. The number of hydrogen-bond acceptors (Lipinski definition) is 4. The quantitative estimate of drug-likeness (QED) is 0.926. The molecule has 1 fully saturated rings. The number of rotatable bonds is 2. The fraction of sp³-hybridized carbons (Fsp3) is 0.333. The molecule has 21 heavy (non-hydrogen) atoms. The van der Waals surface area contributed by atoms with Gasteiger partial charge in [-0.15, -0.1) is 0 Å². The molecule has 1 unspecified atom stereocenters. The number of halogens is 1. The predicted molar refractivity (Wildman–Crippen MR) is 80.3 cm³/mol. The number of benzene rings is 1. The lowest BCUT2D eigenvalue weighted by Crippen LogP contribution is -2.52. The van der Waals surface area contributed by atoms with E-state index < -0.39 is 0 Å². The molecule has 1 saturated heterocycles. The molecule has 0 bridgehead atoms. The van der Waals surface area contributed by atoms with Crippen LogP contribution in [0.15, 0.2) is 34.9 Å². The van der Waals surface area contributed by atoms with Gasteiger partial charge in [0.2, 0.25) is 5.76 Å². The van der Waals surface area contributed by atoms with Gasteiger partial charge in [-0.3, -0.25) is 4.79 Å². The summed E-state index contributed by atoms with van der Waals surface area (Å²) in [6, 6.07) is 9.12. The van der Waals surface area contributed by atoms with Gasteiger partial charge < -0.3 is 14.7 Å². The van der Waals surface area contributed by atoms with Gasteiger partial charge >= 0.3 is 0 Å². The van der Waals surface area contributed by atoms with Crippen LogP contribution < -0.4 is 5.32 Å². The second-order valence-corrected chi connectivity index (χ2v) is 5.57. The highest BCUT2D eigenvalue weighted by Gasteiger charge is 2.27. The summed E-state index contributed by atoms with van der Waals surface area (Å²) in [6.45, 7) is 4.28. The number of piperazine rings is 1. The van der Waals surface area contributed by atoms with Crippen molar-refractivity contribution in [2.45, 2.75) is 13.0 Å². The van der Waals surface area contributed by atoms with Gasteiger partial charge in [-0.1, -0.05) is 28.9 Å². The Hall–Kier alpha value is -1.85. The first-order valence-electron chi connectivity index (χ1n) is 6.89. The number of nitrogens with one attached hydrogen (secondary N) is 1. The summed E-state index contributed by atoms with van der Waals surface area (Å²) in [5.41, 5.74) is 1.45. The summed E-state index contributed by atoms with van der Waals surface area (Å²) in [5, 5.41) is 7.85. The lowest BCUT2D eigenvalue weighted by molar-refractivity contribution is 0.0613. The molecule has 110 valence electrons. The molecular formula is C15H16ClN3O2. The topological polar surface area (TPSA) is 58.4 Å². The van der Waals surface area contributed by atoms with Gasteiger partial charge in [0.15, 0.2) is 0 Å². The molecule has 1 aliphatic rings. The van der Waals surface area contributed by atoms with Gasteiger partial charge in [0.1, 0.15) is 5.69 Å². The third-order valence-corrected chi connectivity index (χ3v) is 3.84. The molecule has 5 nitrogen and oxygen atoms in total. The van der Waals surface area contributed by atoms with Crippen molar-refractivity contribution in [3.8, 4) is 11.3 Å². The Balaban J connectivity index is 1.83. The summed E-state index contributed by atoms with van der Waals surface area (Å²) in [4.78, 5) is 14.3. The zero-order chi connectivity index (χ0) is 14.8. The first-order chi connectivity index (χ1) is 10.1. The molecule has 2 heterocycles. The molecule has 1 N–H and O–H groups in total. The first-order valence-corrected chi connectivity index (χ1v) is 7.27. The van der Waals surface area contributed by atoms with E-state index in [1.165, 1.54) is 0 Å². The first kappa shape index (κ1) is 14.1. The van der Waals surface area contributed by atoms with Crippen LogP contribution in [0.4, 0.5) is 0 Å². The number of amides is 1. The van der Waals surface area contributed by atoms with E-state index in [9.17, 15) is 4.79 Å².